The second-order valence-electron chi connectivity index (χ2n) is 4.81. The lowest BCUT2D eigenvalue weighted by molar-refractivity contribution is 0.478. The molecular formula is C12H20. The fraction of sp³-hybridized carbons (Fsp3) is 0.667. The minimum absolute atomic E-state index is 0.362. The quantitative estimate of drug-likeness (QED) is 0.506. The summed E-state index contributed by atoms with van der Waals surface area (Å²) >= 11 is 0. The molecule has 0 atom stereocenters. The molecule has 0 aliphatic heterocycles. The number of rotatable bonds is 0. The molecule has 0 aromatic rings. The van der Waals surface area contributed by atoms with Gasteiger partial charge in [0.15, 0.2) is 0 Å². The third-order valence-electron chi connectivity index (χ3n) is 2.55. The van der Waals surface area contributed by atoms with Gasteiger partial charge in [-0.1, -0.05) is 44.1 Å². The summed E-state index contributed by atoms with van der Waals surface area (Å²) in [5.74, 6) is 0. The zero-order valence-electron chi connectivity index (χ0n) is 8.78. The van der Waals surface area contributed by atoms with Crippen molar-refractivity contribution in [3.63, 3.8) is 0 Å². The summed E-state index contributed by atoms with van der Waals surface area (Å²) in [5.41, 5.74) is 3.48. The fourth-order valence-corrected chi connectivity index (χ4v) is 1.59. The van der Waals surface area contributed by atoms with Crippen LogP contribution in [0.15, 0.2) is 23.3 Å². The molecule has 0 aromatic heterocycles. The Kier molecular flexibility index (Phi) is 2.76. The normalized spacial score (nSPS) is 19.7. The van der Waals surface area contributed by atoms with Gasteiger partial charge in [0.2, 0.25) is 0 Å². The summed E-state index contributed by atoms with van der Waals surface area (Å²) in [4.78, 5) is 0. The monoisotopic (exact) mass is 164 g/mol. The summed E-state index contributed by atoms with van der Waals surface area (Å²) < 4.78 is 0. The van der Waals surface area contributed by atoms with Crippen molar-refractivity contribution in [1.29, 1.82) is 0 Å². The maximum absolute atomic E-state index is 2.32. The highest BCUT2D eigenvalue weighted by Gasteiger charge is 2.16. The first kappa shape index (κ1) is 9.57. The third-order valence-corrected chi connectivity index (χ3v) is 2.55. The largest absolute Gasteiger partial charge is 0.0733 e. The standard InChI is InChI=1S/C12H20/c1-10-6-5-7-11(9-8-10)12(2,3)4/h8-9H,5-7H2,1-4H3. The molecule has 0 radical (unpaired) electrons. The van der Waals surface area contributed by atoms with Gasteiger partial charge in [-0.3, -0.25) is 0 Å². The lowest BCUT2D eigenvalue weighted by Gasteiger charge is -2.22. The first-order valence-corrected chi connectivity index (χ1v) is 4.87. The number of hydrogen-bond donors (Lipinski definition) is 0. The van der Waals surface area contributed by atoms with Crippen molar-refractivity contribution in [2.75, 3.05) is 0 Å². The Balaban J connectivity index is 2.79. The van der Waals surface area contributed by atoms with Crippen molar-refractivity contribution in [3.05, 3.63) is 23.3 Å². The van der Waals surface area contributed by atoms with Crippen LogP contribution in [0.25, 0.3) is 0 Å². The molecule has 0 saturated heterocycles. The number of hydrogen-bond acceptors (Lipinski definition) is 0. The van der Waals surface area contributed by atoms with Crippen LogP contribution in [-0.4, -0.2) is 0 Å². The SMILES string of the molecule is CC1=CC=C(C(C)(C)C)CCC1. The van der Waals surface area contributed by atoms with E-state index in [2.05, 4.69) is 39.8 Å². The van der Waals surface area contributed by atoms with Crippen LogP contribution in [0.5, 0.6) is 0 Å². The van der Waals surface area contributed by atoms with E-state index in [0.29, 0.717) is 5.41 Å². The summed E-state index contributed by atoms with van der Waals surface area (Å²) in [6.07, 6.45) is 8.48. The van der Waals surface area contributed by atoms with Crippen LogP contribution in [0.4, 0.5) is 0 Å². The predicted molar refractivity (Wildman–Crippen MR) is 55.1 cm³/mol. The Morgan fingerprint density at radius 2 is 1.75 bits per heavy atom. The molecule has 1 rings (SSSR count). The maximum atomic E-state index is 2.32. The zero-order chi connectivity index (χ0) is 9.19. The Labute approximate surface area is 76.4 Å². The van der Waals surface area contributed by atoms with Crippen molar-refractivity contribution < 1.29 is 0 Å². The molecule has 0 spiro atoms. The molecule has 12 heavy (non-hydrogen) atoms. The summed E-state index contributed by atoms with van der Waals surface area (Å²) in [6, 6.07) is 0. The van der Waals surface area contributed by atoms with E-state index in [4.69, 9.17) is 0 Å². The van der Waals surface area contributed by atoms with Gasteiger partial charge < -0.3 is 0 Å². The second-order valence-corrected chi connectivity index (χ2v) is 4.81. The minimum atomic E-state index is 0.362. The van der Waals surface area contributed by atoms with Gasteiger partial charge in [0.1, 0.15) is 0 Å². The van der Waals surface area contributed by atoms with Gasteiger partial charge in [-0.15, -0.1) is 0 Å². The summed E-state index contributed by atoms with van der Waals surface area (Å²) in [7, 11) is 0. The smallest absolute Gasteiger partial charge is 0.0170 e. The molecule has 0 N–H and O–H groups in total. The van der Waals surface area contributed by atoms with Crippen LogP contribution in [0.1, 0.15) is 47.0 Å². The van der Waals surface area contributed by atoms with Gasteiger partial charge in [-0.05, 0) is 31.6 Å². The Morgan fingerprint density at radius 3 is 2.33 bits per heavy atom. The molecule has 0 heterocycles. The average Bonchev–Trinajstić information content (AvgIpc) is 2.11. The predicted octanol–water partition coefficient (Wildman–Crippen LogP) is 4.09. The molecule has 1 aliphatic rings. The molecule has 0 amide bonds. The van der Waals surface area contributed by atoms with E-state index in [1.807, 2.05) is 0 Å². The molecule has 0 nitrogen and oxygen atoms in total. The van der Waals surface area contributed by atoms with Crippen LogP contribution in [0.3, 0.4) is 0 Å². The van der Waals surface area contributed by atoms with Gasteiger partial charge in [0.05, 0.1) is 0 Å². The van der Waals surface area contributed by atoms with Gasteiger partial charge in [-0.25, -0.2) is 0 Å². The topological polar surface area (TPSA) is 0 Å². The first-order chi connectivity index (χ1) is 5.50. The molecular weight excluding hydrogens is 144 g/mol. The van der Waals surface area contributed by atoms with Crippen LogP contribution < -0.4 is 0 Å². The third kappa shape index (κ3) is 2.51. The van der Waals surface area contributed by atoms with Crippen molar-refractivity contribution >= 4 is 0 Å². The van der Waals surface area contributed by atoms with Crippen molar-refractivity contribution in [3.8, 4) is 0 Å². The Hall–Kier alpha value is -0.520. The molecule has 0 fully saturated rings. The maximum Gasteiger partial charge on any atom is -0.0170 e. The highest BCUT2D eigenvalue weighted by Crippen LogP contribution is 2.31. The lowest BCUT2D eigenvalue weighted by atomic mass is 9.84. The molecule has 68 valence electrons. The fourth-order valence-electron chi connectivity index (χ4n) is 1.59. The molecule has 1 aliphatic carbocycles. The Bertz CT molecular complexity index is 211. The molecule has 0 unspecified atom stereocenters. The van der Waals surface area contributed by atoms with Crippen LogP contribution in [0, 0.1) is 5.41 Å². The second kappa shape index (κ2) is 3.47. The highest BCUT2D eigenvalue weighted by atomic mass is 14.2. The van der Waals surface area contributed by atoms with Crippen molar-refractivity contribution in [2.45, 2.75) is 47.0 Å². The Morgan fingerprint density at radius 1 is 1.08 bits per heavy atom. The van der Waals surface area contributed by atoms with Gasteiger partial charge >= 0.3 is 0 Å². The van der Waals surface area contributed by atoms with E-state index < -0.39 is 0 Å². The van der Waals surface area contributed by atoms with Gasteiger partial charge in [-0.2, -0.15) is 0 Å². The highest BCUT2D eigenvalue weighted by molar-refractivity contribution is 5.23. The van der Waals surface area contributed by atoms with Crippen LogP contribution in [0.2, 0.25) is 0 Å². The number of allylic oxidation sites excluding steroid dienone is 4. The van der Waals surface area contributed by atoms with Gasteiger partial charge in [0, 0.05) is 0 Å². The van der Waals surface area contributed by atoms with E-state index >= 15 is 0 Å². The van der Waals surface area contributed by atoms with Crippen molar-refractivity contribution in [2.24, 2.45) is 5.41 Å². The summed E-state index contributed by atoms with van der Waals surface area (Å²) in [6.45, 7) is 9.12. The van der Waals surface area contributed by atoms with Gasteiger partial charge in [0.25, 0.3) is 0 Å². The van der Waals surface area contributed by atoms with E-state index in [-0.39, 0.29) is 0 Å². The van der Waals surface area contributed by atoms with E-state index in [1.165, 1.54) is 24.8 Å². The van der Waals surface area contributed by atoms with Crippen LogP contribution in [-0.2, 0) is 0 Å². The molecule has 0 saturated carbocycles. The summed E-state index contributed by atoms with van der Waals surface area (Å²) in [5, 5.41) is 0. The zero-order valence-corrected chi connectivity index (χ0v) is 8.78. The van der Waals surface area contributed by atoms with Crippen molar-refractivity contribution in [1.82, 2.24) is 0 Å². The molecule has 0 aromatic carbocycles. The lowest BCUT2D eigenvalue weighted by Crippen LogP contribution is -2.08. The van der Waals surface area contributed by atoms with E-state index in [1.54, 1.807) is 5.57 Å². The van der Waals surface area contributed by atoms with E-state index in [0.717, 1.165) is 0 Å². The average molecular weight is 164 g/mol. The molecule has 0 heteroatoms. The van der Waals surface area contributed by atoms with E-state index in [9.17, 15) is 0 Å². The first-order valence-electron chi connectivity index (χ1n) is 4.87. The molecule has 0 bridgehead atoms. The minimum Gasteiger partial charge on any atom is -0.0733 e. The van der Waals surface area contributed by atoms with Crippen LogP contribution >= 0.6 is 0 Å².